The number of anilines is 1. The number of nitrogens with zero attached hydrogens (tertiary/aromatic N) is 2. The summed E-state index contributed by atoms with van der Waals surface area (Å²) in [7, 11) is -3.09. The van der Waals surface area contributed by atoms with E-state index in [0.717, 1.165) is 27.9 Å². The van der Waals surface area contributed by atoms with Crippen molar-refractivity contribution in [3.63, 3.8) is 0 Å². The molecule has 2 heterocycles. The van der Waals surface area contributed by atoms with Gasteiger partial charge in [-0.05, 0) is 80.6 Å². The van der Waals surface area contributed by atoms with E-state index in [-0.39, 0.29) is 29.1 Å². The van der Waals surface area contributed by atoms with Crippen LogP contribution in [-0.4, -0.2) is 35.6 Å². The van der Waals surface area contributed by atoms with Crippen LogP contribution in [0.2, 0.25) is 0 Å². The van der Waals surface area contributed by atoms with E-state index in [1.54, 1.807) is 10.7 Å². The average molecular weight is 438 g/mol. The number of carbonyl (C=O) groups excluding carboxylic acids is 1. The molecule has 1 aromatic heterocycles. The molecule has 0 radical (unpaired) electrons. The van der Waals surface area contributed by atoms with E-state index in [2.05, 4.69) is 16.5 Å². The van der Waals surface area contributed by atoms with E-state index in [4.69, 9.17) is 0 Å². The molecule has 0 aliphatic carbocycles. The van der Waals surface area contributed by atoms with Crippen molar-refractivity contribution in [3.8, 4) is 11.3 Å². The van der Waals surface area contributed by atoms with Gasteiger partial charge in [0.25, 0.3) is 5.91 Å². The Kier molecular flexibility index (Phi) is 5.47. The molecule has 0 saturated carbocycles. The van der Waals surface area contributed by atoms with E-state index in [0.29, 0.717) is 12.1 Å². The van der Waals surface area contributed by atoms with Gasteiger partial charge in [0.2, 0.25) is 0 Å². The quantitative estimate of drug-likeness (QED) is 0.656. The predicted molar refractivity (Wildman–Crippen MR) is 123 cm³/mol. The largest absolute Gasteiger partial charge is 0.321 e. The van der Waals surface area contributed by atoms with Crippen molar-refractivity contribution in [3.05, 3.63) is 70.4 Å². The van der Waals surface area contributed by atoms with Gasteiger partial charge in [0.05, 0.1) is 23.2 Å². The normalized spacial score (nSPS) is 17.6. The summed E-state index contributed by atoms with van der Waals surface area (Å²) in [4.78, 5) is 13.0. The molecule has 6 nitrogen and oxygen atoms in total. The Hall–Kier alpha value is -2.93. The lowest BCUT2D eigenvalue weighted by atomic mass is 10.0. The van der Waals surface area contributed by atoms with Gasteiger partial charge in [-0.3, -0.25) is 9.48 Å². The van der Waals surface area contributed by atoms with Gasteiger partial charge in [0, 0.05) is 11.3 Å². The maximum atomic E-state index is 13.0. The van der Waals surface area contributed by atoms with E-state index in [9.17, 15) is 13.2 Å². The van der Waals surface area contributed by atoms with Crippen molar-refractivity contribution in [2.75, 3.05) is 16.8 Å². The Morgan fingerprint density at radius 1 is 0.968 bits per heavy atom. The summed E-state index contributed by atoms with van der Waals surface area (Å²) < 4.78 is 25.9. The van der Waals surface area contributed by atoms with Gasteiger partial charge in [-0.2, -0.15) is 5.10 Å². The van der Waals surface area contributed by atoms with Crippen molar-refractivity contribution < 1.29 is 13.2 Å². The Morgan fingerprint density at radius 3 is 2.26 bits per heavy atom. The number of nitrogens with one attached hydrogen (secondary N) is 1. The zero-order valence-electron chi connectivity index (χ0n) is 18.3. The average Bonchev–Trinajstić information content (AvgIpc) is 3.30. The van der Waals surface area contributed by atoms with Crippen molar-refractivity contribution in [1.29, 1.82) is 0 Å². The van der Waals surface area contributed by atoms with Crippen LogP contribution in [0.15, 0.2) is 42.5 Å². The molecule has 1 unspecified atom stereocenters. The fraction of sp³-hybridized carbons (Fsp3) is 0.333. The second-order valence-corrected chi connectivity index (χ2v) is 10.7. The first-order valence-corrected chi connectivity index (χ1v) is 12.2. The molecule has 7 heteroatoms. The smallest absolute Gasteiger partial charge is 0.276 e. The molecule has 1 fully saturated rings. The van der Waals surface area contributed by atoms with Gasteiger partial charge in [0.1, 0.15) is 0 Å². The summed E-state index contributed by atoms with van der Waals surface area (Å²) in [5.74, 6) is -0.119. The number of rotatable bonds is 4. The van der Waals surface area contributed by atoms with Crippen LogP contribution in [0, 0.1) is 27.7 Å². The van der Waals surface area contributed by atoms with Crippen molar-refractivity contribution in [2.45, 2.75) is 40.2 Å². The molecule has 2 aromatic carbocycles. The Balaban J connectivity index is 1.72. The molecule has 1 aliphatic rings. The highest BCUT2D eigenvalue weighted by Gasteiger charge is 2.32. The molecule has 162 valence electrons. The maximum absolute atomic E-state index is 13.0. The summed E-state index contributed by atoms with van der Waals surface area (Å²) >= 11 is 0. The lowest BCUT2D eigenvalue weighted by Gasteiger charge is -2.14. The number of aromatic nitrogens is 2. The Morgan fingerprint density at radius 2 is 1.65 bits per heavy atom. The van der Waals surface area contributed by atoms with Crippen molar-refractivity contribution in [2.24, 2.45) is 0 Å². The van der Waals surface area contributed by atoms with Crippen LogP contribution < -0.4 is 5.32 Å². The lowest BCUT2D eigenvalue weighted by Crippen LogP contribution is -2.16. The third-order valence-electron chi connectivity index (χ3n) is 6.09. The van der Waals surface area contributed by atoms with Gasteiger partial charge in [-0.15, -0.1) is 0 Å². The monoisotopic (exact) mass is 437 g/mol. The summed E-state index contributed by atoms with van der Waals surface area (Å²) in [5, 5.41) is 7.48. The minimum absolute atomic E-state index is 0.0464. The number of benzene rings is 2. The minimum atomic E-state index is -3.09. The molecular formula is C24H27N3O3S. The van der Waals surface area contributed by atoms with E-state index < -0.39 is 9.84 Å². The number of sulfone groups is 1. The summed E-state index contributed by atoms with van der Waals surface area (Å²) in [6, 6.07) is 13.3. The second-order valence-electron chi connectivity index (χ2n) is 8.47. The number of aryl methyl sites for hydroxylation is 4. The molecular weight excluding hydrogens is 410 g/mol. The number of amides is 1. The summed E-state index contributed by atoms with van der Waals surface area (Å²) in [5.41, 5.74) is 7.21. The van der Waals surface area contributed by atoms with Crippen LogP contribution in [0.3, 0.4) is 0 Å². The molecule has 1 aliphatic heterocycles. The highest BCUT2D eigenvalue weighted by molar-refractivity contribution is 7.91. The fourth-order valence-electron chi connectivity index (χ4n) is 3.88. The van der Waals surface area contributed by atoms with Crippen molar-refractivity contribution in [1.82, 2.24) is 9.78 Å². The molecule has 4 rings (SSSR count). The molecule has 0 bridgehead atoms. The highest BCUT2D eigenvalue weighted by atomic mass is 32.2. The van der Waals surface area contributed by atoms with Crippen LogP contribution in [0.25, 0.3) is 11.3 Å². The van der Waals surface area contributed by atoms with Crippen LogP contribution in [0.1, 0.15) is 45.2 Å². The zero-order valence-corrected chi connectivity index (χ0v) is 19.1. The topological polar surface area (TPSA) is 81.1 Å². The first kappa shape index (κ1) is 21.3. The zero-order chi connectivity index (χ0) is 22.3. The highest BCUT2D eigenvalue weighted by Crippen LogP contribution is 2.31. The molecule has 1 saturated heterocycles. The minimum Gasteiger partial charge on any atom is -0.321 e. The van der Waals surface area contributed by atoms with Crippen LogP contribution in [0.5, 0.6) is 0 Å². The fourth-order valence-corrected chi connectivity index (χ4v) is 5.57. The summed E-state index contributed by atoms with van der Waals surface area (Å²) in [6.07, 6.45) is 0.500. The molecule has 3 aromatic rings. The first-order chi connectivity index (χ1) is 14.6. The van der Waals surface area contributed by atoms with E-state index in [1.165, 1.54) is 5.56 Å². The third kappa shape index (κ3) is 4.42. The van der Waals surface area contributed by atoms with Gasteiger partial charge < -0.3 is 5.32 Å². The van der Waals surface area contributed by atoms with Gasteiger partial charge in [-0.1, -0.05) is 18.2 Å². The summed E-state index contributed by atoms with van der Waals surface area (Å²) in [6.45, 7) is 8.10. The molecule has 1 amide bonds. The van der Waals surface area contributed by atoms with Gasteiger partial charge in [0.15, 0.2) is 15.5 Å². The van der Waals surface area contributed by atoms with Gasteiger partial charge >= 0.3 is 0 Å². The maximum Gasteiger partial charge on any atom is 0.276 e. The Labute approximate surface area is 183 Å². The number of carbonyl (C=O) groups is 1. The lowest BCUT2D eigenvalue weighted by molar-refractivity contribution is 0.102. The molecule has 0 spiro atoms. The number of hydrogen-bond acceptors (Lipinski definition) is 4. The SMILES string of the molecule is Cc1ccc(NC(=O)c2cc(-c3ccc(C)c(C)c3)n(C3CCS(=O)(=O)C3)n2)cc1C. The molecule has 31 heavy (non-hydrogen) atoms. The van der Waals surface area contributed by atoms with Crippen LogP contribution in [-0.2, 0) is 9.84 Å². The second kappa shape index (κ2) is 7.96. The first-order valence-electron chi connectivity index (χ1n) is 10.4. The van der Waals surface area contributed by atoms with Gasteiger partial charge in [-0.25, -0.2) is 8.42 Å². The third-order valence-corrected chi connectivity index (χ3v) is 7.84. The van der Waals surface area contributed by atoms with Crippen LogP contribution in [0.4, 0.5) is 5.69 Å². The van der Waals surface area contributed by atoms with Crippen molar-refractivity contribution >= 4 is 21.4 Å². The standard InChI is InChI=1S/C24H27N3O3S/c1-15-5-7-19(11-17(15)3)23-13-22(26-27(23)21-9-10-31(29,30)14-21)24(28)25-20-8-6-16(2)18(4)12-20/h5-8,11-13,21H,9-10,14H2,1-4H3,(H,25,28). The Bertz CT molecular complexity index is 1280. The van der Waals surface area contributed by atoms with E-state index in [1.807, 2.05) is 58.0 Å². The molecule has 1 atom stereocenters. The predicted octanol–water partition coefficient (Wildman–Crippen LogP) is 4.40. The van der Waals surface area contributed by atoms with E-state index >= 15 is 0 Å². The molecule has 1 N–H and O–H groups in total. The van der Waals surface area contributed by atoms with Crippen LogP contribution >= 0.6 is 0 Å². The number of hydrogen-bond donors (Lipinski definition) is 1.